The molecule has 0 aromatic carbocycles. The third-order valence-corrected chi connectivity index (χ3v) is 4.17. The van der Waals surface area contributed by atoms with Gasteiger partial charge in [0.15, 0.2) is 15.7 Å². The maximum Gasteiger partial charge on any atom is 0.228 e. The SMILES string of the molecule is O=S1(=O)CCC(c2noc(CCO)n2)C1. The highest BCUT2D eigenvalue weighted by Crippen LogP contribution is 2.26. The van der Waals surface area contributed by atoms with Crippen molar-refractivity contribution in [2.24, 2.45) is 0 Å². The highest BCUT2D eigenvalue weighted by molar-refractivity contribution is 7.91. The molecule has 0 bridgehead atoms. The predicted octanol–water partition coefficient (Wildman–Crippen LogP) is -0.494. The lowest BCUT2D eigenvalue weighted by Crippen LogP contribution is -2.05. The molecule has 1 fully saturated rings. The fourth-order valence-electron chi connectivity index (χ4n) is 1.63. The van der Waals surface area contributed by atoms with Gasteiger partial charge in [0.05, 0.1) is 24.5 Å². The van der Waals surface area contributed by atoms with Crippen LogP contribution in [0.2, 0.25) is 0 Å². The molecule has 1 saturated heterocycles. The van der Waals surface area contributed by atoms with Crippen LogP contribution in [0.5, 0.6) is 0 Å². The summed E-state index contributed by atoms with van der Waals surface area (Å²) in [4.78, 5) is 4.05. The van der Waals surface area contributed by atoms with Gasteiger partial charge in [0.25, 0.3) is 0 Å². The van der Waals surface area contributed by atoms with Gasteiger partial charge in [-0.15, -0.1) is 0 Å². The Morgan fingerprint density at radius 2 is 2.33 bits per heavy atom. The molecule has 0 amide bonds. The zero-order chi connectivity index (χ0) is 10.9. The van der Waals surface area contributed by atoms with Gasteiger partial charge in [-0.1, -0.05) is 5.16 Å². The molecule has 84 valence electrons. The normalized spacial score (nSPS) is 24.5. The number of aliphatic hydroxyl groups is 1. The summed E-state index contributed by atoms with van der Waals surface area (Å²) in [6.07, 6.45) is 0.868. The fourth-order valence-corrected chi connectivity index (χ4v) is 3.37. The Bertz CT molecular complexity index is 439. The molecular weight excluding hydrogens is 220 g/mol. The van der Waals surface area contributed by atoms with Crippen molar-refractivity contribution in [1.82, 2.24) is 10.1 Å². The average molecular weight is 232 g/mol. The van der Waals surface area contributed by atoms with E-state index in [0.29, 0.717) is 24.6 Å². The maximum absolute atomic E-state index is 11.2. The van der Waals surface area contributed by atoms with E-state index in [9.17, 15) is 8.42 Å². The maximum atomic E-state index is 11.2. The lowest BCUT2D eigenvalue weighted by Gasteiger charge is -1.97. The zero-order valence-electron chi connectivity index (χ0n) is 8.09. The highest BCUT2D eigenvalue weighted by Gasteiger charge is 2.32. The van der Waals surface area contributed by atoms with Crippen LogP contribution in [0.15, 0.2) is 4.52 Å². The Morgan fingerprint density at radius 3 is 2.93 bits per heavy atom. The average Bonchev–Trinajstić information content (AvgIpc) is 2.73. The summed E-state index contributed by atoms with van der Waals surface area (Å²) in [5, 5.41) is 12.4. The second-order valence-electron chi connectivity index (χ2n) is 3.62. The summed E-state index contributed by atoms with van der Waals surface area (Å²) < 4.78 is 27.3. The van der Waals surface area contributed by atoms with E-state index in [1.165, 1.54) is 0 Å². The standard InChI is InChI=1S/C8H12N2O4S/c11-3-1-7-9-8(10-14-7)6-2-4-15(12,13)5-6/h6,11H,1-5H2. The van der Waals surface area contributed by atoms with Gasteiger partial charge in [-0.3, -0.25) is 0 Å². The fraction of sp³-hybridized carbons (Fsp3) is 0.750. The first kappa shape index (κ1) is 10.6. The molecule has 1 aromatic heterocycles. The van der Waals surface area contributed by atoms with E-state index in [-0.39, 0.29) is 24.0 Å². The molecule has 1 N–H and O–H groups in total. The van der Waals surface area contributed by atoms with Crippen LogP contribution in [-0.4, -0.2) is 41.8 Å². The van der Waals surface area contributed by atoms with Crippen LogP contribution < -0.4 is 0 Å². The zero-order valence-corrected chi connectivity index (χ0v) is 8.90. The molecule has 6 nitrogen and oxygen atoms in total. The molecule has 2 heterocycles. The molecule has 7 heteroatoms. The van der Waals surface area contributed by atoms with Gasteiger partial charge < -0.3 is 9.63 Å². The largest absolute Gasteiger partial charge is 0.396 e. The summed E-state index contributed by atoms with van der Waals surface area (Å²) in [7, 11) is -2.92. The summed E-state index contributed by atoms with van der Waals surface area (Å²) >= 11 is 0. The quantitative estimate of drug-likeness (QED) is 0.755. The monoisotopic (exact) mass is 232 g/mol. The molecule has 1 aliphatic heterocycles. The van der Waals surface area contributed by atoms with Crippen LogP contribution in [0.25, 0.3) is 0 Å². The van der Waals surface area contributed by atoms with Gasteiger partial charge in [-0.2, -0.15) is 4.98 Å². The second kappa shape index (κ2) is 3.90. The van der Waals surface area contributed by atoms with Crippen LogP contribution in [-0.2, 0) is 16.3 Å². The number of rotatable bonds is 3. The first-order chi connectivity index (χ1) is 7.11. The number of nitrogens with zero attached hydrogens (tertiary/aromatic N) is 2. The molecular formula is C8H12N2O4S. The molecule has 0 saturated carbocycles. The van der Waals surface area contributed by atoms with Crippen LogP contribution in [0, 0.1) is 0 Å². The Balaban J connectivity index is 2.10. The molecule has 1 aliphatic rings. The van der Waals surface area contributed by atoms with Crippen molar-refractivity contribution in [3.63, 3.8) is 0 Å². The van der Waals surface area contributed by atoms with Gasteiger partial charge in [0, 0.05) is 5.92 Å². The highest BCUT2D eigenvalue weighted by atomic mass is 32.2. The number of hydrogen-bond acceptors (Lipinski definition) is 6. The minimum Gasteiger partial charge on any atom is -0.396 e. The lowest BCUT2D eigenvalue weighted by molar-refractivity contribution is 0.273. The first-order valence-electron chi connectivity index (χ1n) is 4.74. The van der Waals surface area contributed by atoms with Crippen LogP contribution >= 0.6 is 0 Å². The van der Waals surface area contributed by atoms with E-state index in [1.54, 1.807) is 0 Å². The third kappa shape index (κ3) is 2.35. The van der Waals surface area contributed by atoms with Crippen molar-refractivity contribution in [3.05, 3.63) is 11.7 Å². The minimum absolute atomic E-state index is 0.0510. The van der Waals surface area contributed by atoms with Gasteiger partial charge in [-0.05, 0) is 6.42 Å². The van der Waals surface area contributed by atoms with Crippen molar-refractivity contribution in [3.8, 4) is 0 Å². The van der Waals surface area contributed by atoms with Crippen LogP contribution in [0.4, 0.5) is 0 Å². The Kier molecular flexibility index (Phi) is 2.74. The van der Waals surface area contributed by atoms with Gasteiger partial charge >= 0.3 is 0 Å². The van der Waals surface area contributed by atoms with Crippen LogP contribution in [0.1, 0.15) is 24.1 Å². The Hall–Kier alpha value is -0.950. The summed E-state index contributed by atoms with van der Waals surface area (Å²) in [5.41, 5.74) is 0. The summed E-state index contributed by atoms with van der Waals surface area (Å²) in [6.45, 7) is -0.0510. The van der Waals surface area contributed by atoms with Crippen molar-refractivity contribution in [2.45, 2.75) is 18.8 Å². The van der Waals surface area contributed by atoms with Crippen molar-refractivity contribution < 1.29 is 18.0 Å². The number of hydrogen-bond donors (Lipinski definition) is 1. The molecule has 0 aliphatic carbocycles. The Morgan fingerprint density at radius 1 is 1.53 bits per heavy atom. The minimum atomic E-state index is -2.92. The molecule has 2 rings (SSSR count). The van der Waals surface area contributed by atoms with E-state index in [4.69, 9.17) is 9.63 Å². The van der Waals surface area contributed by atoms with E-state index in [2.05, 4.69) is 10.1 Å². The number of aliphatic hydroxyl groups excluding tert-OH is 1. The number of aromatic nitrogens is 2. The van der Waals surface area contributed by atoms with Gasteiger partial charge in [0.1, 0.15) is 0 Å². The molecule has 0 radical (unpaired) electrons. The van der Waals surface area contributed by atoms with Crippen molar-refractivity contribution in [1.29, 1.82) is 0 Å². The second-order valence-corrected chi connectivity index (χ2v) is 5.85. The smallest absolute Gasteiger partial charge is 0.228 e. The lowest BCUT2D eigenvalue weighted by atomic mass is 10.1. The van der Waals surface area contributed by atoms with Crippen LogP contribution in [0.3, 0.4) is 0 Å². The molecule has 1 atom stereocenters. The van der Waals surface area contributed by atoms with Gasteiger partial charge in [0.2, 0.25) is 5.89 Å². The van der Waals surface area contributed by atoms with E-state index >= 15 is 0 Å². The van der Waals surface area contributed by atoms with Gasteiger partial charge in [-0.25, -0.2) is 8.42 Å². The topological polar surface area (TPSA) is 93.3 Å². The molecule has 15 heavy (non-hydrogen) atoms. The third-order valence-electron chi connectivity index (χ3n) is 2.41. The van der Waals surface area contributed by atoms with E-state index < -0.39 is 9.84 Å². The predicted molar refractivity (Wildman–Crippen MR) is 51.1 cm³/mol. The number of sulfone groups is 1. The van der Waals surface area contributed by atoms with Crippen molar-refractivity contribution >= 4 is 9.84 Å². The molecule has 0 spiro atoms. The summed E-state index contributed by atoms with van der Waals surface area (Å²) in [6, 6.07) is 0. The first-order valence-corrected chi connectivity index (χ1v) is 6.56. The Labute approximate surface area is 87.2 Å². The molecule has 1 aromatic rings. The summed E-state index contributed by atoms with van der Waals surface area (Å²) in [5.74, 6) is 0.953. The van der Waals surface area contributed by atoms with E-state index in [0.717, 1.165) is 0 Å². The van der Waals surface area contributed by atoms with Crippen molar-refractivity contribution in [2.75, 3.05) is 18.1 Å². The van der Waals surface area contributed by atoms with E-state index in [1.807, 2.05) is 0 Å². The molecule has 1 unspecified atom stereocenters.